The summed E-state index contributed by atoms with van der Waals surface area (Å²) in [5, 5.41) is 0. The van der Waals surface area contributed by atoms with Gasteiger partial charge in [0.05, 0.1) is 0 Å². The fraction of sp³-hybridized carbons (Fsp3) is 0.273. The first kappa shape index (κ1) is 22.9. The highest BCUT2D eigenvalue weighted by Crippen LogP contribution is 2.34. The van der Waals surface area contributed by atoms with Crippen molar-refractivity contribution in [3.63, 3.8) is 0 Å². The Kier molecular flexibility index (Phi) is 7.85. The summed E-state index contributed by atoms with van der Waals surface area (Å²) in [5.41, 5.74) is 9.61. The number of aromatic nitrogens is 1. The molecule has 3 aromatic rings. The molecule has 1 amide bonds. The molecule has 0 spiro atoms. The SMILES string of the molecule is Cc1ccc(-c2ocnc2C(=O)N2C[C@@H](CN)[C@H](c3ccccc3)C2)cc1.Cl.Cl. The molecule has 2 atom stereocenters. The molecule has 1 aliphatic heterocycles. The number of aryl methyl sites for hydroxylation is 1. The highest BCUT2D eigenvalue weighted by Gasteiger charge is 2.37. The number of rotatable bonds is 4. The van der Waals surface area contributed by atoms with Crippen LogP contribution in [0.5, 0.6) is 0 Å². The largest absolute Gasteiger partial charge is 0.443 e. The number of carbonyl (C=O) groups excluding carboxylic acids is 1. The third-order valence-electron chi connectivity index (χ3n) is 5.34. The predicted molar refractivity (Wildman–Crippen MR) is 119 cm³/mol. The summed E-state index contributed by atoms with van der Waals surface area (Å²) in [6.07, 6.45) is 1.34. The van der Waals surface area contributed by atoms with Gasteiger partial charge in [0.2, 0.25) is 0 Å². The lowest BCUT2D eigenvalue weighted by atomic mass is 9.89. The summed E-state index contributed by atoms with van der Waals surface area (Å²) >= 11 is 0. The van der Waals surface area contributed by atoms with E-state index in [1.807, 2.05) is 54.3 Å². The third kappa shape index (κ3) is 4.64. The molecule has 0 bridgehead atoms. The predicted octanol–water partition coefficient (Wildman–Crippen LogP) is 4.31. The van der Waals surface area contributed by atoms with Crippen LogP contribution in [0.3, 0.4) is 0 Å². The zero-order valence-electron chi connectivity index (χ0n) is 16.2. The molecular formula is C22H25Cl2N3O2. The first-order valence-corrected chi connectivity index (χ1v) is 9.22. The van der Waals surface area contributed by atoms with Gasteiger partial charge in [-0.25, -0.2) is 4.98 Å². The molecule has 0 saturated carbocycles. The molecule has 4 rings (SSSR count). The molecule has 1 aromatic heterocycles. The van der Waals surface area contributed by atoms with Gasteiger partial charge in [0.1, 0.15) is 0 Å². The maximum absolute atomic E-state index is 13.2. The number of halogens is 2. The number of benzene rings is 2. The molecule has 1 saturated heterocycles. The standard InChI is InChI=1S/C22H23N3O2.2ClH/c1-15-7-9-17(10-8-15)21-20(24-14-27-21)22(26)25-12-18(11-23)19(13-25)16-5-3-2-4-6-16;;/h2-10,14,18-19H,11-13,23H2,1H3;2*1H/t18-,19+;;/m1../s1. The number of likely N-dealkylation sites (tertiary alicyclic amines) is 1. The average molecular weight is 434 g/mol. The number of oxazole rings is 1. The number of nitrogens with zero attached hydrogens (tertiary/aromatic N) is 2. The molecule has 2 heterocycles. The van der Waals surface area contributed by atoms with Crippen LogP contribution in [0, 0.1) is 12.8 Å². The van der Waals surface area contributed by atoms with Crippen molar-refractivity contribution in [1.29, 1.82) is 0 Å². The van der Waals surface area contributed by atoms with Crippen molar-refractivity contribution < 1.29 is 9.21 Å². The Morgan fingerprint density at radius 3 is 2.45 bits per heavy atom. The van der Waals surface area contributed by atoms with Crippen molar-refractivity contribution in [3.05, 3.63) is 77.8 Å². The second-order valence-corrected chi connectivity index (χ2v) is 7.12. The summed E-state index contributed by atoms with van der Waals surface area (Å²) in [4.78, 5) is 19.2. The minimum Gasteiger partial charge on any atom is -0.443 e. The molecule has 154 valence electrons. The summed E-state index contributed by atoms with van der Waals surface area (Å²) < 4.78 is 5.55. The van der Waals surface area contributed by atoms with E-state index in [1.54, 1.807) is 0 Å². The van der Waals surface area contributed by atoms with E-state index in [4.69, 9.17) is 10.2 Å². The van der Waals surface area contributed by atoms with Gasteiger partial charge >= 0.3 is 0 Å². The number of hydrogen-bond donors (Lipinski definition) is 1. The van der Waals surface area contributed by atoms with Gasteiger partial charge in [0.25, 0.3) is 5.91 Å². The molecule has 0 radical (unpaired) electrons. The van der Waals surface area contributed by atoms with Crippen molar-refractivity contribution in [3.8, 4) is 11.3 Å². The lowest BCUT2D eigenvalue weighted by Gasteiger charge is -2.16. The maximum Gasteiger partial charge on any atom is 0.276 e. The van der Waals surface area contributed by atoms with E-state index in [2.05, 4.69) is 17.1 Å². The summed E-state index contributed by atoms with van der Waals surface area (Å²) in [5.74, 6) is 0.907. The van der Waals surface area contributed by atoms with Crippen LogP contribution in [0.1, 0.15) is 27.5 Å². The Hall–Kier alpha value is -2.34. The van der Waals surface area contributed by atoms with Crippen LogP contribution in [0.4, 0.5) is 0 Å². The molecule has 1 fully saturated rings. The van der Waals surface area contributed by atoms with Gasteiger partial charge < -0.3 is 15.1 Å². The fourth-order valence-corrected chi connectivity index (χ4v) is 3.81. The van der Waals surface area contributed by atoms with Gasteiger partial charge in [-0.2, -0.15) is 0 Å². The van der Waals surface area contributed by atoms with Gasteiger partial charge in [-0.05, 0) is 24.9 Å². The molecule has 29 heavy (non-hydrogen) atoms. The number of nitrogens with two attached hydrogens (primary N) is 1. The van der Waals surface area contributed by atoms with Crippen LogP contribution in [0.25, 0.3) is 11.3 Å². The molecule has 5 nitrogen and oxygen atoms in total. The van der Waals surface area contributed by atoms with Gasteiger partial charge in [0.15, 0.2) is 17.8 Å². The normalized spacial score (nSPS) is 18.1. The molecule has 0 unspecified atom stereocenters. The molecule has 2 N–H and O–H groups in total. The number of carbonyl (C=O) groups is 1. The minimum atomic E-state index is -0.101. The Labute approximate surface area is 183 Å². The highest BCUT2D eigenvalue weighted by atomic mass is 35.5. The van der Waals surface area contributed by atoms with Crippen LogP contribution in [0.15, 0.2) is 65.4 Å². The van der Waals surface area contributed by atoms with E-state index in [0.29, 0.717) is 31.1 Å². The quantitative estimate of drug-likeness (QED) is 0.664. The molecule has 1 aliphatic rings. The van der Waals surface area contributed by atoms with Crippen LogP contribution in [-0.4, -0.2) is 35.4 Å². The maximum atomic E-state index is 13.2. The molecule has 7 heteroatoms. The van der Waals surface area contributed by atoms with Crippen LogP contribution in [0.2, 0.25) is 0 Å². The monoisotopic (exact) mass is 433 g/mol. The van der Waals surface area contributed by atoms with Crippen molar-refractivity contribution >= 4 is 30.7 Å². The Balaban J connectivity index is 0.00000150. The van der Waals surface area contributed by atoms with Crippen LogP contribution in [-0.2, 0) is 0 Å². The van der Waals surface area contributed by atoms with E-state index in [0.717, 1.165) is 11.1 Å². The highest BCUT2D eigenvalue weighted by molar-refractivity contribution is 5.97. The van der Waals surface area contributed by atoms with E-state index >= 15 is 0 Å². The van der Waals surface area contributed by atoms with Crippen LogP contribution >= 0.6 is 24.8 Å². The summed E-state index contributed by atoms with van der Waals surface area (Å²) in [6, 6.07) is 18.2. The number of hydrogen-bond acceptors (Lipinski definition) is 4. The van der Waals surface area contributed by atoms with E-state index < -0.39 is 0 Å². The van der Waals surface area contributed by atoms with Crippen molar-refractivity contribution in [2.24, 2.45) is 11.7 Å². The summed E-state index contributed by atoms with van der Waals surface area (Å²) in [7, 11) is 0. The first-order chi connectivity index (χ1) is 13.2. The Morgan fingerprint density at radius 2 is 1.79 bits per heavy atom. The van der Waals surface area contributed by atoms with Crippen molar-refractivity contribution in [2.45, 2.75) is 12.8 Å². The average Bonchev–Trinajstić information content (AvgIpc) is 3.36. The van der Waals surface area contributed by atoms with E-state index in [-0.39, 0.29) is 42.6 Å². The van der Waals surface area contributed by atoms with E-state index in [1.165, 1.54) is 12.0 Å². The molecule has 0 aliphatic carbocycles. The zero-order valence-corrected chi connectivity index (χ0v) is 17.8. The second-order valence-electron chi connectivity index (χ2n) is 7.12. The Morgan fingerprint density at radius 1 is 1.10 bits per heavy atom. The molecule has 2 aromatic carbocycles. The van der Waals surface area contributed by atoms with Gasteiger partial charge in [-0.15, -0.1) is 24.8 Å². The summed E-state index contributed by atoms with van der Waals surface area (Å²) in [6.45, 7) is 3.85. The first-order valence-electron chi connectivity index (χ1n) is 9.22. The topological polar surface area (TPSA) is 72.4 Å². The van der Waals surface area contributed by atoms with Crippen molar-refractivity contribution in [2.75, 3.05) is 19.6 Å². The fourth-order valence-electron chi connectivity index (χ4n) is 3.81. The van der Waals surface area contributed by atoms with Gasteiger partial charge in [-0.1, -0.05) is 60.2 Å². The van der Waals surface area contributed by atoms with Gasteiger partial charge in [0, 0.05) is 24.6 Å². The van der Waals surface area contributed by atoms with E-state index in [9.17, 15) is 4.79 Å². The smallest absolute Gasteiger partial charge is 0.276 e. The third-order valence-corrected chi connectivity index (χ3v) is 5.34. The lowest BCUT2D eigenvalue weighted by Crippen LogP contribution is -2.30. The zero-order chi connectivity index (χ0) is 18.8. The Bertz CT molecular complexity index is 929. The van der Waals surface area contributed by atoms with Gasteiger partial charge in [-0.3, -0.25) is 4.79 Å². The van der Waals surface area contributed by atoms with Crippen LogP contribution < -0.4 is 5.73 Å². The molecular weight excluding hydrogens is 409 g/mol. The minimum absolute atomic E-state index is 0. The lowest BCUT2D eigenvalue weighted by molar-refractivity contribution is 0.0781. The second kappa shape index (κ2) is 9.92. The van der Waals surface area contributed by atoms with Crippen molar-refractivity contribution in [1.82, 2.24) is 9.88 Å². The number of amides is 1.